The number of thioether (sulfide) groups is 1. The highest BCUT2D eigenvalue weighted by molar-refractivity contribution is 7.99. The smallest absolute Gasteiger partial charge is 0.0552 e. The molecule has 0 saturated heterocycles. The second-order valence-corrected chi connectivity index (χ2v) is 6.40. The van der Waals surface area contributed by atoms with Crippen molar-refractivity contribution in [3.05, 3.63) is 70.8 Å². The van der Waals surface area contributed by atoms with E-state index in [1.54, 1.807) is 0 Å². The zero-order valence-corrected chi connectivity index (χ0v) is 12.0. The summed E-state index contributed by atoms with van der Waals surface area (Å²) in [5, 5.41) is 0.437. The predicted octanol–water partition coefficient (Wildman–Crippen LogP) is 3.76. The third kappa shape index (κ3) is 2.56. The quantitative estimate of drug-likeness (QED) is 0.918. The van der Waals surface area contributed by atoms with E-state index in [9.17, 15) is 0 Å². The van der Waals surface area contributed by atoms with Crippen LogP contribution in [0, 0.1) is 0 Å². The molecule has 1 aliphatic carbocycles. The first kappa shape index (κ1) is 12.8. The van der Waals surface area contributed by atoms with Crippen molar-refractivity contribution in [2.75, 3.05) is 5.75 Å². The zero-order chi connectivity index (χ0) is 13.2. The molecule has 0 fully saturated rings. The molecule has 2 aromatic rings. The summed E-state index contributed by atoms with van der Waals surface area (Å²) in [7, 11) is 0. The second kappa shape index (κ2) is 5.40. The van der Waals surface area contributed by atoms with Gasteiger partial charge in [0.05, 0.1) is 5.25 Å². The Kier molecular flexibility index (Phi) is 3.63. The number of nitrogens with two attached hydrogens (primary N) is 1. The number of hydrogen-bond donors (Lipinski definition) is 1. The van der Waals surface area contributed by atoms with Gasteiger partial charge in [0.2, 0.25) is 0 Å². The molecule has 0 amide bonds. The first-order valence-corrected chi connectivity index (χ1v) is 7.83. The minimum Gasteiger partial charge on any atom is -0.327 e. The maximum absolute atomic E-state index is 5.93. The summed E-state index contributed by atoms with van der Waals surface area (Å²) in [6.45, 7) is 2.08. The predicted molar refractivity (Wildman–Crippen MR) is 83.6 cm³/mol. The van der Waals surface area contributed by atoms with Crippen molar-refractivity contribution in [3.63, 3.8) is 0 Å². The Balaban J connectivity index is 2.01. The SMILES string of the molecule is CC(N)CSC1c2ccccc2Cc2ccccc21. The molecule has 19 heavy (non-hydrogen) atoms. The molecule has 2 N–H and O–H groups in total. The number of benzene rings is 2. The van der Waals surface area contributed by atoms with Crippen LogP contribution in [0.1, 0.15) is 34.4 Å². The van der Waals surface area contributed by atoms with Crippen molar-refractivity contribution in [2.24, 2.45) is 5.73 Å². The van der Waals surface area contributed by atoms with Gasteiger partial charge >= 0.3 is 0 Å². The van der Waals surface area contributed by atoms with Crippen LogP contribution < -0.4 is 5.73 Å². The Labute approximate surface area is 119 Å². The summed E-state index contributed by atoms with van der Waals surface area (Å²) in [4.78, 5) is 0. The molecule has 1 atom stereocenters. The molecule has 1 nitrogen and oxygen atoms in total. The van der Waals surface area contributed by atoms with Crippen molar-refractivity contribution in [1.29, 1.82) is 0 Å². The highest BCUT2D eigenvalue weighted by atomic mass is 32.2. The zero-order valence-electron chi connectivity index (χ0n) is 11.2. The summed E-state index contributed by atoms with van der Waals surface area (Å²) < 4.78 is 0. The van der Waals surface area contributed by atoms with Crippen LogP contribution in [-0.2, 0) is 6.42 Å². The lowest BCUT2D eigenvalue weighted by Gasteiger charge is -2.28. The van der Waals surface area contributed by atoms with Gasteiger partial charge < -0.3 is 5.73 Å². The molecular formula is C17H19NS. The molecule has 98 valence electrons. The van der Waals surface area contributed by atoms with E-state index in [0.717, 1.165) is 12.2 Å². The lowest BCUT2D eigenvalue weighted by atomic mass is 9.86. The molecule has 0 spiro atoms. The van der Waals surface area contributed by atoms with Crippen LogP contribution in [-0.4, -0.2) is 11.8 Å². The fourth-order valence-corrected chi connectivity index (χ4v) is 4.02. The summed E-state index contributed by atoms with van der Waals surface area (Å²) in [6, 6.07) is 17.9. The van der Waals surface area contributed by atoms with Crippen molar-refractivity contribution in [3.8, 4) is 0 Å². The molecule has 0 aliphatic heterocycles. The van der Waals surface area contributed by atoms with Gasteiger partial charge in [-0.2, -0.15) is 0 Å². The average molecular weight is 269 g/mol. The molecule has 0 radical (unpaired) electrons. The van der Waals surface area contributed by atoms with Gasteiger partial charge in [-0.25, -0.2) is 0 Å². The van der Waals surface area contributed by atoms with Crippen molar-refractivity contribution in [1.82, 2.24) is 0 Å². The average Bonchev–Trinajstić information content (AvgIpc) is 2.43. The van der Waals surface area contributed by atoms with E-state index >= 15 is 0 Å². The third-order valence-corrected chi connectivity index (χ3v) is 5.14. The van der Waals surface area contributed by atoms with Gasteiger partial charge in [-0.15, -0.1) is 11.8 Å². The molecule has 0 saturated carbocycles. The van der Waals surface area contributed by atoms with Gasteiger partial charge in [0.1, 0.15) is 0 Å². The monoisotopic (exact) mass is 269 g/mol. The number of hydrogen-bond acceptors (Lipinski definition) is 2. The first-order chi connectivity index (χ1) is 9.25. The van der Waals surface area contributed by atoms with Gasteiger partial charge in [-0.05, 0) is 35.6 Å². The first-order valence-electron chi connectivity index (χ1n) is 6.78. The van der Waals surface area contributed by atoms with Gasteiger partial charge in [0.15, 0.2) is 0 Å². The standard InChI is InChI=1S/C17H19NS/c1-12(18)11-19-17-15-8-4-2-6-13(15)10-14-7-3-5-9-16(14)17/h2-9,12,17H,10-11,18H2,1H3. The van der Waals surface area contributed by atoms with Crippen LogP contribution in [0.15, 0.2) is 48.5 Å². The van der Waals surface area contributed by atoms with Crippen LogP contribution in [0.2, 0.25) is 0 Å². The molecule has 0 aromatic heterocycles. The van der Waals surface area contributed by atoms with E-state index in [4.69, 9.17) is 5.73 Å². The lowest BCUT2D eigenvalue weighted by Crippen LogP contribution is -2.20. The molecule has 3 rings (SSSR count). The Hall–Kier alpha value is -1.25. The molecule has 1 aliphatic rings. The molecule has 2 aromatic carbocycles. The maximum Gasteiger partial charge on any atom is 0.0552 e. The minimum absolute atomic E-state index is 0.242. The van der Waals surface area contributed by atoms with E-state index in [0.29, 0.717) is 5.25 Å². The molecule has 0 heterocycles. The van der Waals surface area contributed by atoms with E-state index in [1.165, 1.54) is 22.3 Å². The van der Waals surface area contributed by atoms with Crippen LogP contribution in [0.3, 0.4) is 0 Å². The van der Waals surface area contributed by atoms with E-state index in [1.807, 2.05) is 11.8 Å². The highest BCUT2D eigenvalue weighted by Crippen LogP contribution is 2.43. The molecule has 2 heteroatoms. The Bertz CT molecular complexity index is 531. The lowest BCUT2D eigenvalue weighted by molar-refractivity contribution is 0.843. The van der Waals surface area contributed by atoms with Crippen LogP contribution in [0.5, 0.6) is 0 Å². The summed E-state index contributed by atoms with van der Waals surface area (Å²) in [5.74, 6) is 0.993. The highest BCUT2D eigenvalue weighted by Gasteiger charge is 2.25. The molecular weight excluding hydrogens is 250 g/mol. The van der Waals surface area contributed by atoms with Gasteiger partial charge in [0.25, 0.3) is 0 Å². The Morgan fingerprint density at radius 1 is 1.05 bits per heavy atom. The fraction of sp³-hybridized carbons (Fsp3) is 0.294. The normalized spacial score (nSPS) is 15.7. The molecule has 1 unspecified atom stereocenters. The Morgan fingerprint density at radius 2 is 1.58 bits per heavy atom. The molecule has 0 bridgehead atoms. The number of fused-ring (bicyclic) bond motifs is 2. The fourth-order valence-electron chi connectivity index (χ4n) is 2.70. The summed E-state index contributed by atoms with van der Waals surface area (Å²) in [6.07, 6.45) is 1.06. The minimum atomic E-state index is 0.242. The number of rotatable bonds is 3. The van der Waals surface area contributed by atoms with Crippen molar-refractivity contribution < 1.29 is 0 Å². The summed E-state index contributed by atoms with van der Waals surface area (Å²) >= 11 is 1.97. The van der Waals surface area contributed by atoms with E-state index in [2.05, 4.69) is 55.5 Å². The van der Waals surface area contributed by atoms with E-state index in [-0.39, 0.29) is 6.04 Å². The van der Waals surface area contributed by atoms with Gasteiger partial charge in [0, 0.05) is 11.8 Å². The van der Waals surface area contributed by atoms with Crippen LogP contribution in [0.25, 0.3) is 0 Å². The van der Waals surface area contributed by atoms with Gasteiger partial charge in [-0.3, -0.25) is 0 Å². The Morgan fingerprint density at radius 3 is 2.11 bits per heavy atom. The van der Waals surface area contributed by atoms with Crippen LogP contribution >= 0.6 is 11.8 Å². The van der Waals surface area contributed by atoms with Gasteiger partial charge in [-0.1, -0.05) is 48.5 Å². The largest absolute Gasteiger partial charge is 0.327 e. The maximum atomic E-state index is 5.93. The summed E-state index contributed by atoms with van der Waals surface area (Å²) in [5.41, 5.74) is 11.8. The van der Waals surface area contributed by atoms with Crippen molar-refractivity contribution in [2.45, 2.75) is 24.6 Å². The third-order valence-electron chi connectivity index (χ3n) is 3.58. The van der Waals surface area contributed by atoms with E-state index < -0.39 is 0 Å². The second-order valence-electron chi connectivity index (χ2n) is 5.27. The van der Waals surface area contributed by atoms with Crippen LogP contribution in [0.4, 0.5) is 0 Å². The topological polar surface area (TPSA) is 26.0 Å². The van der Waals surface area contributed by atoms with Crippen molar-refractivity contribution >= 4 is 11.8 Å².